The summed E-state index contributed by atoms with van der Waals surface area (Å²) in [4.78, 5) is 2.73. The molecule has 1 N–H and O–H groups in total. The maximum atomic E-state index is 5.90. The SMILES string of the molecule is CCNCc1cc(CN2CCCC2C2CCCC2)c(C)o1. The van der Waals surface area contributed by atoms with Crippen molar-refractivity contribution in [1.29, 1.82) is 0 Å². The summed E-state index contributed by atoms with van der Waals surface area (Å²) in [6, 6.07) is 3.10. The molecule has 1 aliphatic heterocycles. The summed E-state index contributed by atoms with van der Waals surface area (Å²) < 4.78 is 5.90. The van der Waals surface area contributed by atoms with Crippen molar-refractivity contribution in [2.75, 3.05) is 13.1 Å². The smallest absolute Gasteiger partial charge is 0.118 e. The molecular weight excluding hydrogens is 260 g/mol. The zero-order chi connectivity index (χ0) is 14.7. The summed E-state index contributed by atoms with van der Waals surface area (Å²) in [5.41, 5.74) is 1.40. The van der Waals surface area contributed by atoms with Gasteiger partial charge < -0.3 is 9.73 Å². The molecule has 0 radical (unpaired) electrons. The Morgan fingerprint density at radius 2 is 2.05 bits per heavy atom. The Labute approximate surface area is 129 Å². The van der Waals surface area contributed by atoms with E-state index in [1.54, 1.807) is 0 Å². The standard InChI is InChI=1S/C18H30N2O/c1-3-19-12-17-11-16(14(2)21-17)13-20-10-6-9-18(20)15-7-4-5-8-15/h11,15,18-19H,3-10,12-13H2,1-2H3. The van der Waals surface area contributed by atoms with Gasteiger partial charge in [-0.3, -0.25) is 4.90 Å². The number of likely N-dealkylation sites (tertiary alicyclic amines) is 1. The van der Waals surface area contributed by atoms with Crippen molar-refractivity contribution in [3.63, 3.8) is 0 Å². The summed E-state index contributed by atoms with van der Waals surface area (Å²) in [5.74, 6) is 3.15. The fourth-order valence-corrected chi connectivity index (χ4v) is 4.22. The van der Waals surface area contributed by atoms with Crippen molar-refractivity contribution >= 4 is 0 Å². The second kappa shape index (κ2) is 6.97. The van der Waals surface area contributed by atoms with Gasteiger partial charge >= 0.3 is 0 Å². The summed E-state index contributed by atoms with van der Waals surface area (Å²) in [6.07, 6.45) is 8.60. The molecular formula is C18H30N2O. The van der Waals surface area contributed by atoms with E-state index in [-0.39, 0.29) is 0 Å². The van der Waals surface area contributed by atoms with Crippen LogP contribution in [0, 0.1) is 12.8 Å². The molecule has 3 rings (SSSR count). The first kappa shape index (κ1) is 15.1. The lowest BCUT2D eigenvalue weighted by Gasteiger charge is -2.29. The predicted molar refractivity (Wildman–Crippen MR) is 86.2 cm³/mol. The quantitative estimate of drug-likeness (QED) is 0.862. The third-order valence-electron chi connectivity index (χ3n) is 5.35. The van der Waals surface area contributed by atoms with Crippen molar-refractivity contribution in [3.05, 3.63) is 23.2 Å². The first-order valence-corrected chi connectivity index (χ1v) is 8.81. The average Bonchev–Trinajstić information content (AvgIpc) is 3.18. The second-order valence-corrected chi connectivity index (χ2v) is 6.80. The number of hydrogen-bond donors (Lipinski definition) is 1. The largest absolute Gasteiger partial charge is 0.465 e. The third kappa shape index (κ3) is 3.51. The van der Waals surface area contributed by atoms with E-state index >= 15 is 0 Å². The monoisotopic (exact) mass is 290 g/mol. The topological polar surface area (TPSA) is 28.4 Å². The molecule has 1 aromatic heterocycles. The van der Waals surface area contributed by atoms with E-state index in [9.17, 15) is 0 Å². The summed E-state index contributed by atoms with van der Waals surface area (Å²) >= 11 is 0. The number of rotatable bonds is 6. The van der Waals surface area contributed by atoms with Crippen molar-refractivity contribution in [2.45, 2.75) is 71.5 Å². The lowest BCUT2D eigenvalue weighted by Crippen LogP contribution is -2.34. The molecule has 0 amide bonds. The van der Waals surface area contributed by atoms with Crippen LogP contribution in [0.1, 0.15) is 62.5 Å². The van der Waals surface area contributed by atoms with E-state index in [1.807, 2.05) is 0 Å². The molecule has 1 atom stereocenters. The van der Waals surface area contributed by atoms with Gasteiger partial charge in [-0.2, -0.15) is 0 Å². The van der Waals surface area contributed by atoms with Gasteiger partial charge in [0.25, 0.3) is 0 Å². The van der Waals surface area contributed by atoms with Gasteiger partial charge in [0.2, 0.25) is 0 Å². The van der Waals surface area contributed by atoms with Crippen LogP contribution < -0.4 is 5.32 Å². The molecule has 2 fully saturated rings. The van der Waals surface area contributed by atoms with Crippen LogP contribution in [0.2, 0.25) is 0 Å². The third-order valence-corrected chi connectivity index (χ3v) is 5.35. The van der Waals surface area contributed by atoms with E-state index in [1.165, 1.54) is 50.6 Å². The highest BCUT2D eigenvalue weighted by atomic mass is 16.3. The van der Waals surface area contributed by atoms with E-state index < -0.39 is 0 Å². The molecule has 1 unspecified atom stereocenters. The molecule has 118 valence electrons. The lowest BCUT2D eigenvalue weighted by molar-refractivity contribution is 0.182. The van der Waals surface area contributed by atoms with E-state index in [2.05, 4.69) is 30.1 Å². The minimum absolute atomic E-state index is 0.832. The fourth-order valence-electron chi connectivity index (χ4n) is 4.22. The van der Waals surface area contributed by atoms with Crippen LogP contribution in [0.3, 0.4) is 0 Å². The molecule has 3 heteroatoms. The van der Waals surface area contributed by atoms with Crippen molar-refractivity contribution in [2.24, 2.45) is 5.92 Å². The Morgan fingerprint density at radius 3 is 2.81 bits per heavy atom. The Kier molecular flexibility index (Phi) is 5.02. The number of hydrogen-bond acceptors (Lipinski definition) is 3. The van der Waals surface area contributed by atoms with Gasteiger partial charge in [0, 0.05) is 18.2 Å². The Balaban J connectivity index is 1.63. The molecule has 1 saturated carbocycles. The first-order chi connectivity index (χ1) is 10.3. The minimum Gasteiger partial charge on any atom is -0.465 e. The van der Waals surface area contributed by atoms with Crippen molar-refractivity contribution in [1.82, 2.24) is 10.2 Å². The van der Waals surface area contributed by atoms with Crippen LogP contribution >= 0.6 is 0 Å². The molecule has 2 heterocycles. The van der Waals surface area contributed by atoms with Crippen molar-refractivity contribution < 1.29 is 4.42 Å². The molecule has 1 saturated heterocycles. The summed E-state index contributed by atoms with van der Waals surface area (Å²) in [6.45, 7) is 8.45. The van der Waals surface area contributed by atoms with Gasteiger partial charge in [-0.25, -0.2) is 0 Å². The van der Waals surface area contributed by atoms with Gasteiger partial charge in [-0.15, -0.1) is 0 Å². The molecule has 1 aromatic rings. The molecule has 0 bridgehead atoms. The number of aryl methyl sites for hydroxylation is 1. The second-order valence-electron chi connectivity index (χ2n) is 6.80. The van der Waals surface area contributed by atoms with E-state index in [4.69, 9.17) is 4.42 Å². The molecule has 0 aromatic carbocycles. The van der Waals surface area contributed by atoms with Gasteiger partial charge in [-0.05, 0) is 57.7 Å². The van der Waals surface area contributed by atoms with Crippen LogP contribution in [-0.2, 0) is 13.1 Å². The normalized spacial score (nSPS) is 24.2. The maximum Gasteiger partial charge on any atom is 0.118 e. The molecule has 3 nitrogen and oxygen atoms in total. The van der Waals surface area contributed by atoms with E-state index in [0.717, 1.165) is 43.1 Å². The lowest BCUT2D eigenvalue weighted by atomic mass is 9.96. The van der Waals surface area contributed by atoms with Crippen LogP contribution in [0.5, 0.6) is 0 Å². The van der Waals surface area contributed by atoms with Crippen LogP contribution in [0.25, 0.3) is 0 Å². The number of furan rings is 1. The van der Waals surface area contributed by atoms with Gasteiger partial charge in [0.05, 0.1) is 6.54 Å². The highest BCUT2D eigenvalue weighted by Crippen LogP contribution is 2.36. The van der Waals surface area contributed by atoms with Gasteiger partial charge in [0.15, 0.2) is 0 Å². The Hall–Kier alpha value is -0.800. The Bertz CT molecular complexity index is 448. The van der Waals surface area contributed by atoms with Gasteiger partial charge in [0.1, 0.15) is 11.5 Å². The highest BCUT2D eigenvalue weighted by molar-refractivity contribution is 5.21. The number of nitrogens with zero attached hydrogens (tertiary/aromatic N) is 1. The predicted octanol–water partition coefficient (Wildman–Crippen LogP) is 3.85. The van der Waals surface area contributed by atoms with E-state index in [0.29, 0.717) is 0 Å². The average molecular weight is 290 g/mol. The zero-order valence-corrected chi connectivity index (χ0v) is 13.7. The van der Waals surface area contributed by atoms with Crippen LogP contribution in [0.4, 0.5) is 0 Å². The molecule has 21 heavy (non-hydrogen) atoms. The van der Waals surface area contributed by atoms with Crippen LogP contribution in [-0.4, -0.2) is 24.0 Å². The fraction of sp³-hybridized carbons (Fsp3) is 0.778. The zero-order valence-electron chi connectivity index (χ0n) is 13.7. The Morgan fingerprint density at radius 1 is 1.24 bits per heavy atom. The minimum atomic E-state index is 0.832. The van der Waals surface area contributed by atoms with Crippen LogP contribution in [0.15, 0.2) is 10.5 Å². The maximum absolute atomic E-state index is 5.90. The highest BCUT2D eigenvalue weighted by Gasteiger charge is 2.33. The molecule has 0 spiro atoms. The summed E-state index contributed by atoms with van der Waals surface area (Å²) in [5, 5.41) is 3.34. The van der Waals surface area contributed by atoms with Gasteiger partial charge in [-0.1, -0.05) is 19.8 Å². The first-order valence-electron chi connectivity index (χ1n) is 8.81. The number of nitrogens with one attached hydrogen (secondary N) is 1. The summed E-state index contributed by atoms with van der Waals surface area (Å²) in [7, 11) is 0. The molecule has 2 aliphatic rings. The molecule has 1 aliphatic carbocycles. The van der Waals surface area contributed by atoms with Crippen molar-refractivity contribution in [3.8, 4) is 0 Å².